The van der Waals surface area contributed by atoms with Crippen molar-refractivity contribution in [1.29, 1.82) is 0 Å². The van der Waals surface area contributed by atoms with Crippen molar-refractivity contribution < 1.29 is 4.79 Å². The van der Waals surface area contributed by atoms with Gasteiger partial charge in [-0.1, -0.05) is 56.3 Å². The van der Waals surface area contributed by atoms with Gasteiger partial charge in [-0.05, 0) is 41.9 Å². The first-order valence-corrected chi connectivity index (χ1v) is 8.19. The molecule has 0 bridgehead atoms. The molecule has 3 rings (SSSR count). The van der Waals surface area contributed by atoms with Crippen LogP contribution in [-0.2, 0) is 10.2 Å². The zero-order chi connectivity index (χ0) is 15.6. The summed E-state index contributed by atoms with van der Waals surface area (Å²) in [6.45, 7) is 4.48. The van der Waals surface area contributed by atoms with E-state index in [1.807, 2.05) is 18.2 Å². The fourth-order valence-corrected chi connectivity index (χ4v) is 3.69. The zero-order valence-corrected chi connectivity index (χ0v) is 13.4. The highest BCUT2D eigenvalue weighted by molar-refractivity contribution is 5.96. The summed E-state index contributed by atoms with van der Waals surface area (Å²) in [5, 5.41) is 3.09. The SMILES string of the molecule is CCC1(CC)CCC(=O)Nc2ccccc2-c2ccccc21. The normalized spacial score (nSPS) is 16.5. The van der Waals surface area contributed by atoms with Crippen molar-refractivity contribution in [1.82, 2.24) is 0 Å². The summed E-state index contributed by atoms with van der Waals surface area (Å²) in [5.74, 6) is 0.117. The molecule has 2 aromatic rings. The number of benzene rings is 2. The summed E-state index contributed by atoms with van der Waals surface area (Å²) in [5.41, 5.74) is 4.75. The van der Waals surface area contributed by atoms with Gasteiger partial charge in [0.2, 0.25) is 5.91 Å². The summed E-state index contributed by atoms with van der Waals surface area (Å²) in [6.07, 6.45) is 3.58. The van der Waals surface area contributed by atoms with Crippen LogP contribution in [0.15, 0.2) is 48.5 Å². The van der Waals surface area contributed by atoms with Gasteiger partial charge < -0.3 is 5.32 Å². The Bertz CT molecular complexity index is 686. The highest BCUT2D eigenvalue weighted by Crippen LogP contribution is 2.44. The number of nitrogens with one attached hydrogen (secondary N) is 1. The van der Waals surface area contributed by atoms with E-state index >= 15 is 0 Å². The molecule has 114 valence electrons. The Kier molecular flexibility index (Phi) is 4.02. The monoisotopic (exact) mass is 293 g/mol. The molecule has 1 aliphatic rings. The van der Waals surface area contributed by atoms with E-state index in [1.165, 1.54) is 11.1 Å². The maximum atomic E-state index is 12.3. The molecule has 1 amide bonds. The average molecular weight is 293 g/mol. The van der Waals surface area contributed by atoms with E-state index < -0.39 is 0 Å². The lowest BCUT2D eigenvalue weighted by Gasteiger charge is -2.34. The zero-order valence-electron chi connectivity index (χ0n) is 13.4. The molecule has 1 heterocycles. The third kappa shape index (κ3) is 2.43. The van der Waals surface area contributed by atoms with E-state index in [0.29, 0.717) is 6.42 Å². The third-order valence-corrected chi connectivity index (χ3v) is 5.17. The first kappa shape index (κ1) is 14.8. The minimum absolute atomic E-state index is 0.0748. The van der Waals surface area contributed by atoms with Gasteiger partial charge in [0, 0.05) is 17.7 Å². The number of anilines is 1. The van der Waals surface area contributed by atoms with Crippen LogP contribution in [0, 0.1) is 0 Å². The molecule has 22 heavy (non-hydrogen) atoms. The Morgan fingerprint density at radius 3 is 2.32 bits per heavy atom. The van der Waals surface area contributed by atoms with E-state index in [2.05, 4.69) is 49.5 Å². The van der Waals surface area contributed by atoms with E-state index in [1.54, 1.807) is 0 Å². The average Bonchev–Trinajstić information content (AvgIpc) is 2.61. The maximum absolute atomic E-state index is 12.3. The summed E-state index contributed by atoms with van der Waals surface area (Å²) < 4.78 is 0. The van der Waals surface area contributed by atoms with Crippen molar-refractivity contribution in [2.75, 3.05) is 5.32 Å². The van der Waals surface area contributed by atoms with Crippen molar-refractivity contribution in [2.24, 2.45) is 0 Å². The van der Waals surface area contributed by atoms with E-state index in [0.717, 1.165) is 30.5 Å². The smallest absolute Gasteiger partial charge is 0.224 e. The lowest BCUT2D eigenvalue weighted by molar-refractivity contribution is -0.116. The number of hydrogen-bond donors (Lipinski definition) is 1. The minimum atomic E-state index is 0.0748. The number of fused-ring (bicyclic) bond motifs is 3. The van der Waals surface area contributed by atoms with Gasteiger partial charge in [-0.3, -0.25) is 4.79 Å². The number of para-hydroxylation sites is 1. The molecule has 1 N–H and O–H groups in total. The van der Waals surface area contributed by atoms with Crippen LogP contribution in [0.25, 0.3) is 11.1 Å². The minimum Gasteiger partial charge on any atom is -0.326 e. The van der Waals surface area contributed by atoms with Crippen LogP contribution in [0.3, 0.4) is 0 Å². The van der Waals surface area contributed by atoms with Gasteiger partial charge in [-0.15, -0.1) is 0 Å². The first-order valence-electron chi connectivity index (χ1n) is 8.19. The molecule has 0 fully saturated rings. The molecule has 0 radical (unpaired) electrons. The number of carbonyl (C=O) groups is 1. The molecule has 0 saturated heterocycles. The Hall–Kier alpha value is -2.09. The van der Waals surface area contributed by atoms with Crippen molar-refractivity contribution >= 4 is 11.6 Å². The fraction of sp³-hybridized carbons (Fsp3) is 0.350. The molecular weight excluding hydrogens is 270 g/mol. The summed E-state index contributed by atoms with van der Waals surface area (Å²) >= 11 is 0. The quantitative estimate of drug-likeness (QED) is 0.815. The summed E-state index contributed by atoms with van der Waals surface area (Å²) in [6, 6.07) is 16.8. The van der Waals surface area contributed by atoms with Crippen molar-refractivity contribution in [3.8, 4) is 11.1 Å². The molecule has 0 spiro atoms. The number of rotatable bonds is 2. The molecule has 0 unspecified atom stereocenters. The Morgan fingerprint density at radius 2 is 1.59 bits per heavy atom. The lowest BCUT2D eigenvalue weighted by atomic mass is 9.70. The second-order valence-electron chi connectivity index (χ2n) is 6.13. The molecule has 0 atom stereocenters. The van der Waals surface area contributed by atoms with Crippen molar-refractivity contribution in [2.45, 2.75) is 44.9 Å². The molecule has 2 nitrogen and oxygen atoms in total. The Balaban J connectivity index is 2.29. The van der Waals surface area contributed by atoms with Crippen LogP contribution >= 0.6 is 0 Å². The van der Waals surface area contributed by atoms with E-state index in [4.69, 9.17) is 0 Å². The fourth-order valence-electron chi connectivity index (χ4n) is 3.69. The molecule has 1 aliphatic heterocycles. The van der Waals surface area contributed by atoms with Gasteiger partial charge in [-0.25, -0.2) is 0 Å². The van der Waals surface area contributed by atoms with Crippen LogP contribution in [0.1, 0.15) is 45.1 Å². The van der Waals surface area contributed by atoms with Crippen LogP contribution in [-0.4, -0.2) is 5.91 Å². The van der Waals surface area contributed by atoms with Gasteiger partial charge in [0.1, 0.15) is 0 Å². The van der Waals surface area contributed by atoms with Gasteiger partial charge in [0.05, 0.1) is 0 Å². The summed E-state index contributed by atoms with van der Waals surface area (Å²) in [4.78, 5) is 12.3. The van der Waals surface area contributed by atoms with Crippen LogP contribution in [0.4, 0.5) is 5.69 Å². The van der Waals surface area contributed by atoms with E-state index in [9.17, 15) is 4.79 Å². The second kappa shape index (κ2) is 5.96. The number of amides is 1. The lowest BCUT2D eigenvalue weighted by Crippen LogP contribution is -2.26. The van der Waals surface area contributed by atoms with Gasteiger partial charge in [0.25, 0.3) is 0 Å². The first-order chi connectivity index (χ1) is 10.7. The molecule has 0 aliphatic carbocycles. The van der Waals surface area contributed by atoms with Crippen molar-refractivity contribution in [3.05, 3.63) is 54.1 Å². The molecular formula is C20H23NO. The molecule has 0 aromatic heterocycles. The van der Waals surface area contributed by atoms with E-state index in [-0.39, 0.29) is 11.3 Å². The largest absolute Gasteiger partial charge is 0.326 e. The highest BCUT2D eigenvalue weighted by Gasteiger charge is 2.32. The predicted octanol–water partition coefficient (Wildman–Crippen LogP) is 5.14. The topological polar surface area (TPSA) is 29.1 Å². The van der Waals surface area contributed by atoms with Crippen LogP contribution in [0.5, 0.6) is 0 Å². The Morgan fingerprint density at radius 1 is 0.955 bits per heavy atom. The van der Waals surface area contributed by atoms with Gasteiger partial charge in [0.15, 0.2) is 0 Å². The number of hydrogen-bond acceptors (Lipinski definition) is 1. The van der Waals surface area contributed by atoms with Crippen molar-refractivity contribution in [3.63, 3.8) is 0 Å². The maximum Gasteiger partial charge on any atom is 0.224 e. The molecule has 2 heteroatoms. The highest BCUT2D eigenvalue weighted by atomic mass is 16.1. The van der Waals surface area contributed by atoms with Crippen LogP contribution in [0.2, 0.25) is 0 Å². The second-order valence-corrected chi connectivity index (χ2v) is 6.13. The van der Waals surface area contributed by atoms with Crippen LogP contribution < -0.4 is 5.32 Å². The Labute approximate surface area is 132 Å². The standard InChI is InChI=1S/C20H23NO/c1-3-20(4-2)14-13-19(22)21-18-12-8-6-10-16(18)15-9-5-7-11-17(15)20/h5-12H,3-4,13-14H2,1-2H3,(H,21,22). The summed E-state index contributed by atoms with van der Waals surface area (Å²) in [7, 11) is 0. The number of carbonyl (C=O) groups excluding carboxylic acids is 1. The third-order valence-electron chi connectivity index (χ3n) is 5.17. The van der Waals surface area contributed by atoms with Gasteiger partial charge in [-0.2, -0.15) is 0 Å². The predicted molar refractivity (Wildman–Crippen MR) is 92.0 cm³/mol. The molecule has 0 saturated carbocycles. The van der Waals surface area contributed by atoms with Gasteiger partial charge >= 0.3 is 0 Å². The molecule has 2 aromatic carbocycles.